The van der Waals surface area contributed by atoms with Crippen LogP contribution in [0.15, 0.2) is 71.6 Å². The zero-order chi connectivity index (χ0) is 29.0. The van der Waals surface area contributed by atoms with Crippen molar-refractivity contribution in [3.63, 3.8) is 0 Å². The number of amides is 1. The van der Waals surface area contributed by atoms with Gasteiger partial charge in [-0.05, 0) is 55.2 Å². The number of nitrogens with one attached hydrogen (secondary N) is 1. The fourth-order valence-corrected chi connectivity index (χ4v) is 7.01. The van der Waals surface area contributed by atoms with Crippen LogP contribution < -0.4 is 11.1 Å². The number of nitrogens with two attached hydrogens (primary N) is 1. The first-order chi connectivity index (χ1) is 19.0. The molecular formula is C29H34N4O5S2. The predicted octanol–water partition coefficient (Wildman–Crippen LogP) is 3.94. The Balaban J connectivity index is 1.64. The molecule has 0 unspecified atom stereocenters. The van der Waals surface area contributed by atoms with Crippen LogP contribution in [-0.4, -0.2) is 59.1 Å². The van der Waals surface area contributed by atoms with Crippen LogP contribution in [0.1, 0.15) is 35.3 Å². The number of carbonyl (C=O) groups is 1. The topological polar surface area (TPSA) is 146 Å². The largest absolute Gasteiger partial charge is 0.508 e. The molecule has 0 saturated heterocycles. The minimum Gasteiger partial charge on any atom is -0.508 e. The lowest BCUT2D eigenvalue weighted by Crippen LogP contribution is -2.51. The highest BCUT2D eigenvalue weighted by molar-refractivity contribution is 7.89. The second-order valence-electron chi connectivity index (χ2n) is 10.2. The Bertz CT molecular complexity index is 1590. The summed E-state index contributed by atoms with van der Waals surface area (Å²) in [5.41, 5.74) is 7.97. The molecule has 1 heterocycles. The van der Waals surface area contributed by atoms with Gasteiger partial charge in [-0.2, -0.15) is 4.31 Å². The van der Waals surface area contributed by atoms with Gasteiger partial charge >= 0.3 is 0 Å². The molecule has 0 bridgehead atoms. The first-order valence-corrected chi connectivity index (χ1v) is 15.2. The van der Waals surface area contributed by atoms with Crippen LogP contribution in [0.4, 0.5) is 5.13 Å². The summed E-state index contributed by atoms with van der Waals surface area (Å²) < 4.78 is 29.5. The summed E-state index contributed by atoms with van der Waals surface area (Å²) in [4.78, 5) is 17.5. The van der Waals surface area contributed by atoms with Crippen LogP contribution in [-0.2, 0) is 16.4 Å². The number of sulfonamides is 1. The van der Waals surface area contributed by atoms with Gasteiger partial charge in [-0.1, -0.05) is 61.6 Å². The van der Waals surface area contributed by atoms with Crippen molar-refractivity contribution >= 4 is 42.6 Å². The summed E-state index contributed by atoms with van der Waals surface area (Å²) in [7, 11) is -4.01. The Morgan fingerprint density at radius 3 is 2.50 bits per heavy atom. The molecule has 11 heteroatoms. The van der Waals surface area contributed by atoms with Gasteiger partial charge in [-0.3, -0.25) is 4.79 Å². The fraction of sp³-hybridized carbons (Fsp3) is 0.310. The van der Waals surface area contributed by atoms with Crippen LogP contribution in [0.3, 0.4) is 0 Å². The molecular weight excluding hydrogens is 548 g/mol. The first kappa shape index (κ1) is 29.5. The molecule has 4 rings (SSSR count). The highest BCUT2D eigenvalue weighted by atomic mass is 32.2. The number of nitrogens with zero attached hydrogens (tertiary/aromatic N) is 2. The minimum atomic E-state index is -4.01. The number of aliphatic hydroxyl groups excluding tert-OH is 1. The van der Waals surface area contributed by atoms with Crippen molar-refractivity contribution in [3.8, 4) is 5.75 Å². The Hall–Kier alpha value is -3.51. The zero-order valence-electron chi connectivity index (χ0n) is 22.6. The van der Waals surface area contributed by atoms with E-state index in [0.29, 0.717) is 20.9 Å². The van der Waals surface area contributed by atoms with Gasteiger partial charge in [0.05, 0.1) is 27.3 Å². The fourth-order valence-electron chi connectivity index (χ4n) is 4.51. The predicted molar refractivity (Wildman–Crippen MR) is 158 cm³/mol. The van der Waals surface area contributed by atoms with Gasteiger partial charge in [-0.25, -0.2) is 13.4 Å². The number of rotatable bonds is 11. The van der Waals surface area contributed by atoms with Crippen molar-refractivity contribution in [2.45, 2.75) is 44.2 Å². The van der Waals surface area contributed by atoms with E-state index in [1.54, 1.807) is 31.2 Å². The summed E-state index contributed by atoms with van der Waals surface area (Å²) in [5.74, 6) is -0.511. The van der Waals surface area contributed by atoms with Gasteiger partial charge in [-0.15, -0.1) is 0 Å². The van der Waals surface area contributed by atoms with E-state index in [1.807, 2.05) is 44.2 Å². The molecule has 0 aliphatic rings. The number of thiazole rings is 1. The number of aromatic hydroxyl groups is 1. The first-order valence-electron chi connectivity index (χ1n) is 12.9. The van der Waals surface area contributed by atoms with Crippen molar-refractivity contribution in [3.05, 3.63) is 83.4 Å². The molecule has 9 nitrogen and oxygen atoms in total. The standard InChI is InChI=1S/C29H34N4O5S2/c1-18(2)16-33(40(37,38)21-12-13-23-27(15-21)39-29(30)32-23)17-26(35)24(14-20-8-5-4-6-9-20)31-28(36)22-10-7-11-25(34)19(22)3/h4-13,15,18,24,26,34-35H,14,16-17H2,1-3H3,(H2,30,32)(H,31,36)/t24-,26+/m0/s1. The van der Waals surface area contributed by atoms with Crippen LogP contribution in [0, 0.1) is 12.8 Å². The lowest BCUT2D eigenvalue weighted by atomic mass is 9.99. The Morgan fingerprint density at radius 2 is 1.80 bits per heavy atom. The number of phenols is 1. The summed E-state index contributed by atoms with van der Waals surface area (Å²) in [6.45, 7) is 5.36. The number of nitrogen functional groups attached to an aromatic ring is 1. The van der Waals surface area contributed by atoms with E-state index < -0.39 is 28.1 Å². The Kier molecular flexibility index (Phi) is 9.09. The third-order valence-electron chi connectivity index (χ3n) is 6.60. The Morgan fingerprint density at radius 1 is 1.07 bits per heavy atom. The van der Waals surface area contributed by atoms with Crippen molar-refractivity contribution in [1.29, 1.82) is 0 Å². The SMILES string of the molecule is Cc1c(O)cccc1C(=O)N[C@@H](Cc1ccccc1)[C@H](O)CN(CC(C)C)S(=O)(=O)c1ccc2nc(N)sc2c1. The second-order valence-corrected chi connectivity index (χ2v) is 13.2. The van der Waals surface area contributed by atoms with Crippen LogP contribution in [0.5, 0.6) is 5.75 Å². The molecule has 3 aromatic carbocycles. The van der Waals surface area contributed by atoms with Crippen LogP contribution in [0.25, 0.3) is 10.2 Å². The third-order valence-corrected chi connectivity index (χ3v) is 9.28. The number of carbonyl (C=O) groups excluding carboxylic acids is 1. The van der Waals surface area contributed by atoms with E-state index in [4.69, 9.17) is 5.73 Å². The molecule has 0 aliphatic heterocycles. The number of aromatic nitrogens is 1. The summed E-state index contributed by atoms with van der Waals surface area (Å²) in [6.07, 6.45) is -0.967. The number of phenolic OH excluding ortho intramolecular Hbond substituents is 1. The molecule has 0 aliphatic carbocycles. The van der Waals surface area contributed by atoms with Crippen molar-refractivity contribution < 1.29 is 23.4 Å². The molecule has 5 N–H and O–H groups in total. The molecule has 0 saturated carbocycles. The monoisotopic (exact) mass is 582 g/mol. The van der Waals surface area contributed by atoms with Gasteiger partial charge in [0, 0.05) is 24.2 Å². The van der Waals surface area contributed by atoms with E-state index in [9.17, 15) is 23.4 Å². The number of fused-ring (bicyclic) bond motifs is 1. The summed E-state index contributed by atoms with van der Waals surface area (Å²) >= 11 is 1.20. The maximum absolute atomic E-state index is 13.8. The molecule has 40 heavy (non-hydrogen) atoms. The highest BCUT2D eigenvalue weighted by Crippen LogP contribution is 2.28. The Labute approximate surface area is 238 Å². The molecule has 1 aromatic heterocycles. The average Bonchev–Trinajstić information content (AvgIpc) is 3.29. The minimum absolute atomic E-state index is 0.0123. The van der Waals surface area contributed by atoms with Crippen molar-refractivity contribution in [2.75, 3.05) is 18.8 Å². The molecule has 0 spiro atoms. The van der Waals surface area contributed by atoms with Gasteiger partial charge in [0.25, 0.3) is 5.91 Å². The van der Waals surface area contributed by atoms with Gasteiger partial charge in [0.15, 0.2) is 5.13 Å². The number of aliphatic hydroxyl groups is 1. The molecule has 4 aromatic rings. The second kappa shape index (κ2) is 12.3. The van der Waals surface area contributed by atoms with E-state index in [1.165, 1.54) is 27.8 Å². The average molecular weight is 583 g/mol. The van der Waals surface area contributed by atoms with Crippen molar-refractivity contribution in [2.24, 2.45) is 5.92 Å². The zero-order valence-corrected chi connectivity index (χ0v) is 24.2. The quantitative estimate of drug-likeness (QED) is 0.210. The maximum Gasteiger partial charge on any atom is 0.252 e. The highest BCUT2D eigenvalue weighted by Gasteiger charge is 2.32. The number of hydrogen-bond donors (Lipinski definition) is 4. The van der Waals surface area contributed by atoms with E-state index in [-0.39, 0.29) is 41.6 Å². The smallest absolute Gasteiger partial charge is 0.252 e. The maximum atomic E-state index is 13.8. The number of hydrogen-bond acceptors (Lipinski definition) is 8. The molecule has 2 atom stereocenters. The number of anilines is 1. The van der Waals surface area contributed by atoms with E-state index in [0.717, 1.165) is 5.56 Å². The van der Waals surface area contributed by atoms with E-state index >= 15 is 0 Å². The van der Waals surface area contributed by atoms with Gasteiger partial charge in [0.1, 0.15) is 5.75 Å². The van der Waals surface area contributed by atoms with Gasteiger partial charge in [0.2, 0.25) is 10.0 Å². The third kappa shape index (κ3) is 6.79. The number of benzene rings is 3. The molecule has 1 amide bonds. The van der Waals surface area contributed by atoms with E-state index in [2.05, 4.69) is 10.3 Å². The van der Waals surface area contributed by atoms with Crippen LogP contribution >= 0.6 is 11.3 Å². The summed E-state index contributed by atoms with van der Waals surface area (Å²) in [6, 6.07) is 17.8. The lowest BCUT2D eigenvalue weighted by molar-refractivity contribution is 0.0775. The van der Waals surface area contributed by atoms with Gasteiger partial charge < -0.3 is 21.3 Å². The molecule has 0 fully saturated rings. The van der Waals surface area contributed by atoms with Crippen LogP contribution in [0.2, 0.25) is 0 Å². The summed E-state index contributed by atoms with van der Waals surface area (Å²) in [5, 5.41) is 24.8. The molecule has 0 radical (unpaired) electrons. The molecule has 212 valence electrons. The lowest BCUT2D eigenvalue weighted by Gasteiger charge is -2.31. The van der Waals surface area contributed by atoms with Crippen molar-refractivity contribution in [1.82, 2.24) is 14.6 Å². The normalized spacial score (nSPS) is 13.6.